The van der Waals surface area contributed by atoms with Crippen LogP contribution in [0.5, 0.6) is 0 Å². The van der Waals surface area contributed by atoms with E-state index in [1.165, 1.54) is 0 Å². The lowest BCUT2D eigenvalue weighted by molar-refractivity contribution is -0.0629. The smallest absolute Gasteiger partial charge is 0.112 e. The van der Waals surface area contributed by atoms with Crippen LogP contribution in [0, 0.1) is 16.7 Å². The molecule has 2 bridgehead atoms. The van der Waals surface area contributed by atoms with Gasteiger partial charge in [-0.15, -0.1) is 0 Å². The standard InChI is InChI=1S/C13H21NO3/c1-12(2,16-3)7-10(15)13(8-14)6-9-4-5-11(13)17-9/h9-11,15H,4-7H2,1-3H3. The molecule has 4 unspecified atom stereocenters. The third-order valence-corrected chi connectivity index (χ3v) is 4.29. The van der Waals surface area contributed by atoms with Crippen LogP contribution in [0.25, 0.3) is 0 Å². The lowest BCUT2D eigenvalue weighted by Crippen LogP contribution is -2.45. The van der Waals surface area contributed by atoms with E-state index >= 15 is 0 Å². The summed E-state index contributed by atoms with van der Waals surface area (Å²) in [5.74, 6) is 0. The number of fused-ring (bicyclic) bond motifs is 2. The van der Waals surface area contributed by atoms with Crippen molar-refractivity contribution in [1.82, 2.24) is 0 Å². The maximum atomic E-state index is 10.4. The van der Waals surface area contributed by atoms with Crippen LogP contribution < -0.4 is 0 Å². The Labute approximate surface area is 103 Å². The van der Waals surface area contributed by atoms with Gasteiger partial charge in [0.15, 0.2) is 0 Å². The topological polar surface area (TPSA) is 62.5 Å². The monoisotopic (exact) mass is 239 g/mol. The van der Waals surface area contributed by atoms with Crippen LogP contribution in [0.3, 0.4) is 0 Å². The molecule has 1 N–H and O–H groups in total. The van der Waals surface area contributed by atoms with Crippen LogP contribution in [0.2, 0.25) is 0 Å². The van der Waals surface area contributed by atoms with Crippen molar-refractivity contribution >= 4 is 0 Å². The number of nitrogens with zero attached hydrogens (tertiary/aromatic N) is 1. The highest BCUT2D eigenvalue weighted by molar-refractivity contribution is 5.16. The molecule has 2 aliphatic heterocycles. The number of methoxy groups -OCH3 is 1. The summed E-state index contributed by atoms with van der Waals surface area (Å²) >= 11 is 0. The summed E-state index contributed by atoms with van der Waals surface area (Å²) in [6, 6.07) is 2.32. The first-order valence-electron chi connectivity index (χ1n) is 6.23. The van der Waals surface area contributed by atoms with Crippen molar-refractivity contribution < 1.29 is 14.6 Å². The Hall–Kier alpha value is -0.630. The van der Waals surface area contributed by atoms with E-state index in [0.717, 1.165) is 12.8 Å². The first-order valence-corrected chi connectivity index (χ1v) is 6.23. The first kappa shape index (κ1) is 12.8. The molecule has 2 heterocycles. The highest BCUT2D eigenvalue weighted by Gasteiger charge is 2.57. The van der Waals surface area contributed by atoms with Gasteiger partial charge in [-0.25, -0.2) is 0 Å². The van der Waals surface area contributed by atoms with E-state index in [2.05, 4.69) is 6.07 Å². The van der Waals surface area contributed by atoms with Crippen LogP contribution >= 0.6 is 0 Å². The van der Waals surface area contributed by atoms with Crippen molar-refractivity contribution in [2.45, 2.75) is 63.4 Å². The van der Waals surface area contributed by atoms with E-state index in [9.17, 15) is 10.4 Å². The highest BCUT2D eigenvalue weighted by Crippen LogP contribution is 2.50. The second-order valence-electron chi connectivity index (χ2n) is 5.86. The van der Waals surface area contributed by atoms with Gasteiger partial charge < -0.3 is 14.6 Å². The van der Waals surface area contributed by atoms with Gasteiger partial charge in [0.25, 0.3) is 0 Å². The van der Waals surface area contributed by atoms with Gasteiger partial charge in [0.05, 0.1) is 30.0 Å². The first-order chi connectivity index (χ1) is 7.93. The quantitative estimate of drug-likeness (QED) is 0.809. The molecular weight excluding hydrogens is 218 g/mol. The zero-order valence-electron chi connectivity index (χ0n) is 10.8. The summed E-state index contributed by atoms with van der Waals surface area (Å²) in [7, 11) is 1.63. The van der Waals surface area contributed by atoms with Crippen molar-refractivity contribution in [1.29, 1.82) is 5.26 Å². The lowest BCUT2D eigenvalue weighted by Gasteiger charge is -2.36. The summed E-state index contributed by atoms with van der Waals surface area (Å²) in [5, 5.41) is 19.9. The fraction of sp³-hybridized carbons (Fsp3) is 0.923. The molecular formula is C13H21NO3. The van der Waals surface area contributed by atoms with E-state index in [4.69, 9.17) is 9.47 Å². The van der Waals surface area contributed by atoms with Crippen molar-refractivity contribution in [2.24, 2.45) is 5.41 Å². The molecule has 0 saturated carbocycles. The molecule has 0 aromatic rings. The molecule has 2 aliphatic rings. The van der Waals surface area contributed by atoms with Gasteiger partial charge >= 0.3 is 0 Å². The van der Waals surface area contributed by atoms with Gasteiger partial charge in [-0.1, -0.05) is 0 Å². The zero-order valence-corrected chi connectivity index (χ0v) is 10.8. The number of rotatable bonds is 4. The van der Waals surface area contributed by atoms with Gasteiger partial charge in [-0.05, 0) is 33.1 Å². The molecule has 0 spiro atoms. The lowest BCUT2D eigenvalue weighted by atomic mass is 9.69. The Morgan fingerprint density at radius 1 is 1.59 bits per heavy atom. The Morgan fingerprint density at radius 2 is 2.29 bits per heavy atom. The predicted octanol–water partition coefficient (Wildman–Crippen LogP) is 1.62. The number of aliphatic hydroxyl groups excluding tert-OH is 1. The van der Waals surface area contributed by atoms with Crippen molar-refractivity contribution in [2.75, 3.05) is 7.11 Å². The molecule has 0 aromatic heterocycles. The fourth-order valence-corrected chi connectivity index (χ4v) is 3.02. The highest BCUT2D eigenvalue weighted by atomic mass is 16.5. The number of hydrogen-bond acceptors (Lipinski definition) is 4. The largest absolute Gasteiger partial charge is 0.391 e. The van der Waals surface area contributed by atoms with Crippen molar-refractivity contribution in [3.05, 3.63) is 0 Å². The molecule has 4 atom stereocenters. The third kappa shape index (κ3) is 2.08. The van der Waals surface area contributed by atoms with Crippen LogP contribution in [0.15, 0.2) is 0 Å². The van der Waals surface area contributed by atoms with E-state index in [1.54, 1.807) is 7.11 Å². The Morgan fingerprint density at radius 3 is 2.71 bits per heavy atom. The molecule has 0 amide bonds. The molecule has 0 radical (unpaired) electrons. The average molecular weight is 239 g/mol. The van der Waals surface area contributed by atoms with Crippen LogP contribution in [-0.2, 0) is 9.47 Å². The predicted molar refractivity (Wildman–Crippen MR) is 62.3 cm³/mol. The summed E-state index contributed by atoms with van der Waals surface area (Å²) in [6.07, 6.45) is 2.42. The molecule has 4 heteroatoms. The molecule has 17 heavy (non-hydrogen) atoms. The summed E-state index contributed by atoms with van der Waals surface area (Å²) in [6.45, 7) is 3.85. The maximum absolute atomic E-state index is 10.4. The van der Waals surface area contributed by atoms with Crippen molar-refractivity contribution in [3.8, 4) is 6.07 Å². The van der Waals surface area contributed by atoms with E-state index in [-0.39, 0.29) is 12.2 Å². The van der Waals surface area contributed by atoms with E-state index in [1.807, 2.05) is 13.8 Å². The second-order valence-corrected chi connectivity index (χ2v) is 5.86. The average Bonchev–Trinajstić information content (AvgIpc) is 2.88. The second kappa shape index (κ2) is 4.24. The van der Waals surface area contributed by atoms with E-state index in [0.29, 0.717) is 12.8 Å². The van der Waals surface area contributed by atoms with Crippen LogP contribution in [0.1, 0.15) is 39.5 Å². The van der Waals surface area contributed by atoms with Crippen LogP contribution in [-0.4, -0.2) is 36.1 Å². The molecule has 4 nitrogen and oxygen atoms in total. The van der Waals surface area contributed by atoms with Gasteiger partial charge in [0.1, 0.15) is 5.41 Å². The number of hydrogen-bond donors (Lipinski definition) is 1. The fourth-order valence-electron chi connectivity index (χ4n) is 3.02. The number of aliphatic hydroxyl groups is 1. The number of ether oxygens (including phenoxy) is 2. The minimum atomic E-state index is -0.723. The Balaban J connectivity index is 2.12. The van der Waals surface area contributed by atoms with Gasteiger partial charge in [-0.2, -0.15) is 5.26 Å². The summed E-state index contributed by atoms with van der Waals surface area (Å²) in [4.78, 5) is 0. The van der Waals surface area contributed by atoms with E-state index < -0.39 is 17.1 Å². The van der Waals surface area contributed by atoms with Gasteiger partial charge in [0.2, 0.25) is 0 Å². The minimum Gasteiger partial charge on any atom is -0.391 e. The van der Waals surface area contributed by atoms with Crippen LogP contribution in [0.4, 0.5) is 0 Å². The third-order valence-electron chi connectivity index (χ3n) is 4.29. The molecule has 0 aliphatic carbocycles. The van der Waals surface area contributed by atoms with Crippen molar-refractivity contribution in [3.63, 3.8) is 0 Å². The molecule has 0 aromatic carbocycles. The summed E-state index contributed by atoms with van der Waals surface area (Å²) in [5.41, 5.74) is -1.14. The molecule has 2 saturated heterocycles. The minimum absolute atomic E-state index is 0.0971. The maximum Gasteiger partial charge on any atom is 0.112 e. The summed E-state index contributed by atoms with van der Waals surface area (Å²) < 4.78 is 11.1. The Bertz CT molecular complexity index is 336. The normalized spacial score (nSPS) is 38.1. The number of nitriles is 1. The zero-order chi connectivity index (χ0) is 12.7. The Kier molecular flexibility index (Phi) is 3.19. The SMILES string of the molecule is COC(C)(C)CC(O)C1(C#N)CC2CCC1O2. The van der Waals surface area contributed by atoms with Gasteiger partial charge in [0, 0.05) is 13.5 Å². The molecule has 2 rings (SSSR count). The molecule has 96 valence electrons. The molecule has 2 fully saturated rings. The van der Waals surface area contributed by atoms with Gasteiger partial charge in [-0.3, -0.25) is 0 Å².